The summed E-state index contributed by atoms with van der Waals surface area (Å²) < 4.78 is 42.5. The highest BCUT2D eigenvalue weighted by molar-refractivity contribution is 7.92. The maximum absolute atomic E-state index is 13.6. The molecule has 5 rings (SSSR count). The molecule has 0 atom stereocenters. The molecule has 0 aliphatic heterocycles. The Morgan fingerprint density at radius 1 is 1.07 bits per heavy atom. The lowest BCUT2D eigenvalue weighted by atomic mass is 9.97. The summed E-state index contributed by atoms with van der Waals surface area (Å²) >= 11 is 0. The molecule has 0 unspecified atom stereocenters. The molecule has 1 aliphatic rings. The van der Waals surface area contributed by atoms with Crippen molar-refractivity contribution in [1.29, 1.82) is 0 Å². The summed E-state index contributed by atoms with van der Waals surface area (Å²) in [6.45, 7) is 8.73. The third-order valence-corrected chi connectivity index (χ3v) is 9.25. The van der Waals surface area contributed by atoms with Crippen LogP contribution < -0.4 is 10.3 Å². The summed E-state index contributed by atoms with van der Waals surface area (Å²) in [7, 11) is -3.99. The van der Waals surface area contributed by atoms with E-state index >= 15 is 0 Å². The molecule has 0 radical (unpaired) electrons. The number of unbranched alkanes of at least 4 members (excludes halogenated alkanes) is 1. The number of ether oxygens (including phenoxy) is 1. The molecular weight excluding hydrogens is 552 g/mol. The van der Waals surface area contributed by atoms with Gasteiger partial charge in [-0.15, -0.1) is 0 Å². The molecular formula is C32H38N4O5S. The third-order valence-electron chi connectivity index (χ3n) is 7.85. The van der Waals surface area contributed by atoms with Gasteiger partial charge in [0.25, 0.3) is 15.6 Å². The van der Waals surface area contributed by atoms with Crippen LogP contribution in [0.5, 0.6) is 0 Å². The van der Waals surface area contributed by atoms with Crippen molar-refractivity contribution in [2.24, 2.45) is 0 Å². The lowest BCUT2D eigenvalue weighted by Crippen LogP contribution is -2.29. The number of hydrogen-bond acceptors (Lipinski definition) is 7. The van der Waals surface area contributed by atoms with E-state index in [1.54, 1.807) is 32.0 Å². The molecule has 10 heteroatoms. The van der Waals surface area contributed by atoms with Crippen LogP contribution in [0.2, 0.25) is 0 Å². The number of hydrogen-bond donors (Lipinski definition) is 1. The van der Waals surface area contributed by atoms with E-state index in [-0.39, 0.29) is 16.3 Å². The van der Waals surface area contributed by atoms with Crippen molar-refractivity contribution < 1.29 is 17.7 Å². The molecule has 0 fully saturated rings. The lowest BCUT2D eigenvalue weighted by Gasteiger charge is -2.18. The zero-order valence-electron chi connectivity index (χ0n) is 24.7. The quantitative estimate of drug-likeness (QED) is 0.224. The van der Waals surface area contributed by atoms with Crippen LogP contribution in [-0.4, -0.2) is 29.7 Å². The first-order valence-corrected chi connectivity index (χ1v) is 16.1. The number of nitrogens with one attached hydrogen (secondary N) is 1. The minimum Gasteiger partial charge on any atom is -0.377 e. The summed E-state index contributed by atoms with van der Waals surface area (Å²) in [5, 5.41) is 3.87. The molecule has 1 aliphatic carbocycles. The largest absolute Gasteiger partial charge is 0.377 e. The van der Waals surface area contributed by atoms with Gasteiger partial charge in [0.1, 0.15) is 11.6 Å². The molecule has 2 aromatic heterocycles. The maximum Gasteiger partial charge on any atom is 0.263 e. The fourth-order valence-electron chi connectivity index (χ4n) is 5.41. The van der Waals surface area contributed by atoms with Crippen LogP contribution in [-0.2, 0) is 47.2 Å². The van der Waals surface area contributed by atoms with Gasteiger partial charge in [0, 0.05) is 29.7 Å². The van der Waals surface area contributed by atoms with Gasteiger partial charge >= 0.3 is 0 Å². The van der Waals surface area contributed by atoms with Gasteiger partial charge in [-0.1, -0.05) is 54.9 Å². The zero-order valence-corrected chi connectivity index (χ0v) is 25.5. The SMILES string of the molecule is CCCCc1nc2c(c(=O)n1Cc1ccc(-c3ccccc3S(=O)(=O)Nc3noc(C)c3C)c(COCC)c1)CCC2. The summed E-state index contributed by atoms with van der Waals surface area (Å²) in [6, 6.07) is 12.8. The number of rotatable bonds is 12. The second kappa shape index (κ2) is 12.6. The van der Waals surface area contributed by atoms with Gasteiger partial charge in [-0.05, 0) is 69.2 Å². The Balaban J connectivity index is 1.54. The first kappa shape index (κ1) is 29.7. The van der Waals surface area contributed by atoms with Crippen LogP contribution in [0.15, 0.2) is 56.7 Å². The predicted molar refractivity (Wildman–Crippen MR) is 162 cm³/mol. The number of aryl methyl sites for hydroxylation is 3. The molecule has 0 spiro atoms. The van der Waals surface area contributed by atoms with Crippen LogP contribution >= 0.6 is 0 Å². The van der Waals surface area contributed by atoms with Gasteiger partial charge in [0.2, 0.25) is 0 Å². The summed E-state index contributed by atoms with van der Waals surface area (Å²) in [5.41, 5.74) is 5.54. The minimum absolute atomic E-state index is 0.0555. The highest BCUT2D eigenvalue weighted by Gasteiger charge is 2.24. The van der Waals surface area contributed by atoms with Gasteiger partial charge in [0.05, 0.1) is 23.7 Å². The fourth-order valence-corrected chi connectivity index (χ4v) is 6.69. The van der Waals surface area contributed by atoms with Crippen LogP contribution in [0.1, 0.15) is 72.6 Å². The average Bonchev–Trinajstić information content (AvgIpc) is 3.58. The van der Waals surface area contributed by atoms with Crippen molar-refractivity contribution in [3.8, 4) is 11.1 Å². The Labute approximate surface area is 247 Å². The highest BCUT2D eigenvalue weighted by atomic mass is 32.2. The lowest BCUT2D eigenvalue weighted by molar-refractivity contribution is 0.134. The summed E-state index contributed by atoms with van der Waals surface area (Å²) in [6.07, 6.45) is 5.35. The van der Waals surface area contributed by atoms with Crippen molar-refractivity contribution in [2.45, 2.75) is 84.3 Å². The van der Waals surface area contributed by atoms with E-state index < -0.39 is 10.0 Å². The van der Waals surface area contributed by atoms with Crippen LogP contribution in [0.3, 0.4) is 0 Å². The number of anilines is 1. The summed E-state index contributed by atoms with van der Waals surface area (Å²) in [4.78, 5) is 18.6. The van der Waals surface area contributed by atoms with Gasteiger partial charge in [-0.2, -0.15) is 0 Å². The van der Waals surface area contributed by atoms with E-state index in [2.05, 4.69) is 16.8 Å². The molecule has 42 heavy (non-hydrogen) atoms. The molecule has 2 aromatic carbocycles. The van der Waals surface area contributed by atoms with Crippen molar-refractivity contribution in [3.05, 3.63) is 92.4 Å². The molecule has 222 valence electrons. The Hall–Kier alpha value is -3.76. The van der Waals surface area contributed by atoms with Gasteiger partial charge in [-0.25, -0.2) is 13.4 Å². The standard InChI is InChI=1S/C32H38N4O5S/c1-5-7-15-30-33-28-13-10-12-27(28)32(37)36(30)19-23-16-17-25(24(18-23)20-40-6-2)26-11-8-9-14-29(26)42(38,39)35-31-21(3)22(4)41-34-31/h8-9,11,14,16-18H,5-7,10,12-13,15,19-20H2,1-4H3,(H,34,35). The number of benzene rings is 2. The van der Waals surface area contributed by atoms with E-state index in [1.807, 2.05) is 35.8 Å². The predicted octanol–water partition coefficient (Wildman–Crippen LogP) is 5.73. The number of nitrogens with zero attached hydrogens (tertiary/aromatic N) is 3. The Morgan fingerprint density at radius 3 is 2.62 bits per heavy atom. The van der Waals surface area contributed by atoms with Crippen LogP contribution in [0, 0.1) is 13.8 Å². The van der Waals surface area contributed by atoms with Gasteiger partial charge in [0.15, 0.2) is 5.82 Å². The zero-order chi connectivity index (χ0) is 29.9. The topological polar surface area (TPSA) is 116 Å². The number of sulfonamides is 1. The van der Waals surface area contributed by atoms with E-state index in [0.29, 0.717) is 36.6 Å². The smallest absolute Gasteiger partial charge is 0.263 e. The average molecular weight is 591 g/mol. The molecule has 0 amide bonds. The van der Waals surface area contributed by atoms with Crippen LogP contribution in [0.25, 0.3) is 11.1 Å². The first-order chi connectivity index (χ1) is 20.2. The molecule has 2 heterocycles. The highest BCUT2D eigenvalue weighted by Crippen LogP contribution is 2.33. The van der Waals surface area contributed by atoms with Crippen molar-refractivity contribution >= 4 is 15.8 Å². The first-order valence-electron chi connectivity index (χ1n) is 14.6. The maximum atomic E-state index is 13.6. The van der Waals surface area contributed by atoms with E-state index in [0.717, 1.165) is 72.3 Å². The van der Waals surface area contributed by atoms with E-state index in [4.69, 9.17) is 14.2 Å². The third kappa shape index (κ3) is 6.05. The van der Waals surface area contributed by atoms with Gasteiger partial charge in [-0.3, -0.25) is 14.1 Å². The van der Waals surface area contributed by atoms with E-state index in [1.165, 1.54) is 0 Å². The molecule has 0 saturated carbocycles. The minimum atomic E-state index is -3.99. The monoisotopic (exact) mass is 590 g/mol. The van der Waals surface area contributed by atoms with Crippen molar-refractivity contribution in [2.75, 3.05) is 11.3 Å². The summed E-state index contributed by atoms with van der Waals surface area (Å²) in [5.74, 6) is 1.55. The van der Waals surface area contributed by atoms with Gasteiger partial charge < -0.3 is 9.26 Å². The van der Waals surface area contributed by atoms with Crippen LogP contribution in [0.4, 0.5) is 5.82 Å². The Kier molecular flexibility index (Phi) is 8.93. The fraction of sp³-hybridized carbons (Fsp3) is 0.406. The molecule has 0 bridgehead atoms. The molecule has 0 saturated heterocycles. The molecule has 1 N–H and O–H groups in total. The van der Waals surface area contributed by atoms with Crippen molar-refractivity contribution in [3.63, 3.8) is 0 Å². The van der Waals surface area contributed by atoms with E-state index in [9.17, 15) is 13.2 Å². The second-order valence-electron chi connectivity index (χ2n) is 10.7. The second-order valence-corrected chi connectivity index (χ2v) is 12.4. The Bertz CT molecular complexity index is 1760. The Morgan fingerprint density at radius 2 is 1.88 bits per heavy atom. The van der Waals surface area contributed by atoms with Crippen molar-refractivity contribution in [1.82, 2.24) is 14.7 Å². The number of aromatic nitrogens is 3. The molecule has 9 nitrogen and oxygen atoms in total. The number of fused-ring (bicyclic) bond motifs is 1. The normalized spacial score (nSPS) is 13.0. The molecule has 4 aromatic rings.